The molecule has 2 aromatic heterocycles. The predicted molar refractivity (Wildman–Crippen MR) is 81.5 cm³/mol. The second-order valence-corrected chi connectivity index (χ2v) is 6.30. The van der Waals surface area contributed by atoms with Crippen LogP contribution >= 0.6 is 23.3 Å². The quantitative estimate of drug-likeness (QED) is 0.691. The van der Waals surface area contributed by atoms with Crippen LogP contribution in [0.15, 0.2) is 34.0 Å². The van der Waals surface area contributed by atoms with Gasteiger partial charge in [0.05, 0.1) is 21.0 Å². The van der Waals surface area contributed by atoms with Crippen LogP contribution in [0.2, 0.25) is 0 Å². The molecule has 0 unspecified atom stereocenters. The molecular weight excluding hydrogens is 293 g/mol. The number of halogens is 1. The molecule has 2 heterocycles. The van der Waals surface area contributed by atoms with Crippen LogP contribution in [-0.2, 0) is 0 Å². The molecule has 100 valence electrons. The molecule has 2 N–H and O–H groups in total. The molecule has 0 aliphatic carbocycles. The number of aryl methyl sites for hydroxylation is 1. The van der Waals surface area contributed by atoms with Crippen molar-refractivity contribution in [3.05, 3.63) is 46.7 Å². The highest BCUT2D eigenvalue weighted by molar-refractivity contribution is 8.02. The summed E-state index contributed by atoms with van der Waals surface area (Å²) in [5.74, 6) is -0.222. The Kier molecular flexibility index (Phi) is 3.38. The number of nitrogens with one attached hydrogen (secondary N) is 2. The van der Waals surface area contributed by atoms with E-state index < -0.39 is 0 Å². The van der Waals surface area contributed by atoms with E-state index in [2.05, 4.69) is 15.8 Å². The van der Waals surface area contributed by atoms with Crippen LogP contribution in [0, 0.1) is 24.1 Å². The number of aromatic amines is 1. The highest BCUT2D eigenvalue weighted by atomic mass is 32.2. The number of fused-ring (bicyclic) bond motifs is 1. The Morgan fingerprint density at radius 1 is 1.45 bits per heavy atom. The highest BCUT2D eigenvalue weighted by Gasteiger charge is 2.10. The minimum Gasteiger partial charge on any atom is -0.358 e. The SMILES string of the molecule is Cc1ccc(NSc2cc(F)cs2)c2[nH]cc(C#N)c12. The zero-order chi connectivity index (χ0) is 14.1. The Morgan fingerprint density at radius 3 is 3.00 bits per heavy atom. The number of hydrogen-bond donors (Lipinski definition) is 2. The van der Waals surface area contributed by atoms with Gasteiger partial charge in [0.25, 0.3) is 0 Å². The molecule has 0 amide bonds. The van der Waals surface area contributed by atoms with Gasteiger partial charge in [-0.15, -0.1) is 11.3 Å². The van der Waals surface area contributed by atoms with Gasteiger partial charge in [-0.1, -0.05) is 6.07 Å². The Bertz CT molecular complexity index is 814. The normalized spacial score (nSPS) is 10.7. The van der Waals surface area contributed by atoms with Crippen molar-refractivity contribution < 1.29 is 4.39 Å². The van der Waals surface area contributed by atoms with E-state index >= 15 is 0 Å². The summed E-state index contributed by atoms with van der Waals surface area (Å²) >= 11 is 2.71. The van der Waals surface area contributed by atoms with E-state index in [0.717, 1.165) is 26.4 Å². The zero-order valence-electron chi connectivity index (χ0n) is 10.5. The molecule has 3 rings (SSSR count). The number of anilines is 1. The van der Waals surface area contributed by atoms with E-state index in [9.17, 15) is 4.39 Å². The average molecular weight is 303 g/mol. The second-order valence-electron chi connectivity index (χ2n) is 4.28. The maximum Gasteiger partial charge on any atom is 0.135 e. The van der Waals surface area contributed by atoms with E-state index in [1.165, 1.54) is 34.7 Å². The van der Waals surface area contributed by atoms with Crippen molar-refractivity contribution in [2.45, 2.75) is 11.1 Å². The first-order valence-electron chi connectivity index (χ1n) is 5.86. The number of thiophene rings is 1. The number of nitriles is 1. The Morgan fingerprint density at radius 2 is 2.30 bits per heavy atom. The molecule has 0 fully saturated rings. The van der Waals surface area contributed by atoms with Gasteiger partial charge < -0.3 is 9.71 Å². The summed E-state index contributed by atoms with van der Waals surface area (Å²) in [4.78, 5) is 3.12. The summed E-state index contributed by atoms with van der Waals surface area (Å²) < 4.78 is 17.0. The Labute approximate surface area is 123 Å². The van der Waals surface area contributed by atoms with Crippen LogP contribution in [0.25, 0.3) is 10.9 Å². The third kappa shape index (κ3) is 2.26. The number of aromatic nitrogens is 1. The van der Waals surface area contributed by atoms with Crippen molar-refractivity contribution in [3.8, 4) is 6.07 Å². The Hall–Kier alpha value is -1.97. The first-order chi connectivity index (χ1) is 9.69. The lowest BCUT2D eigenvalue weighted by molar-refractivity contribution is 0.631. The number of benzene rings is 1. The first-order valence-corrected chi connectivity index (χ1v) is 7.56. The lowest BCUT2D eigenvalue weighted by Gasteiger charge is -2.07. The van der Waals surface area contributed by atoms with Crippen LogP contribution < -0.4 is 4.72 Å². The summed E-state index contributed by atoms with van der Waals surface area (Å²) in [6.07, 6.45) is 1.71. The fraction of sp³-hybridized carbons (Fsp3) is 0.0714. The molecule has 1 aromatic carbocycles. The fourth-order valence-electron chi connectivity index (χ4n) is 2.05. The minimum atomic E-state index is -0.222. The molecule has 0 atom stereocenters. The van der Waals surface area contributed by atoms with E-state index in [1.807, 2.05) is 19.1 Å². The van der Waals surface area contributed by atoms with Crippen LogP contribution in [-0.4, -0.2) is 4.98 Å². The largest absolute Gasteiger partial charge is 0.358 e. The van der Waals surface area contributed by atoms with Crippen LogP contribution in [0.5, 0.6) is 0 Å². The molecule has 3 nitrogen and oxygen atoms in total. The molecule has 0 aliphatic heterocycles. The van der Waals surface area contributed by atoms with Gasteiger partial charge in [-0.05, 0) is 30.5 Å². The molecule has 3 aromatic rings. The van der Waals surface area contributed by atoms with E-state index in [0.29, 0.717) is 5.56 Å². The summed E-state index contributed by atoms with van der Waals surface area (Å²) in [6, 6.07) is 7.59. The van der Waals surface area contributed by atoms with E-state index in [4.69, 9.17) is 5.26 Å². The lowest BCUT2D eigenvalue weighted by atomic mass is 10.1. The maximum atomic E-state index is 12.9. The monoisotopic (exact) mass is 303 g/mol. The van der Waals surface area contributed by atoms with Crippen molar-refractivity contribution in [2.24, 2.45) is 0 Å². The summed E-state index contributed by atoms with van der Waals surface area (Å²) in [6.45, 7) is 1.97. The number of H-pyrrole nitrogens is 1. The van der Waals surface area contributed by atoms with Crippen LogP contribution in [0.4, 0.5) is 10.1 Å². The second kappa shape index (κ2) is 5.19. The Balaban J connectivity index is 1.94. The molecule has 0 saturated heterocycles. The van der Waals surface area contributed by atoms with Gasteiger partial charge in [0.1, 0.15) is 11.9 Å². The summed E-state index contributed by atoms with van der Waals surface area (Å²) in [5.41, 5.74) is 3.46. The lowest BCUT2D eigenvalue weighted by Crippen LogP contribution is -1.88. The van der Waals surface area contributed by atoms with Gasteiger partial charge >= 0.3 is 0 Å². The average Bonchev–Trinajstić information content (AvgIpc) is 3.05. The molecule has 0 aliphatic rings. The van der Waals surface area contributed by atoms with E-state index in [-0.39, 0.29) is 5.82 Å². The molecule has 0 saturated carbocycles. The number of nitrogens with zero attached hydrogens (tertiary/aromatic N) is 1. The van der Waals surface area contributed by atoms with Gasteiger partial charge in [-0.2, -0.15) is 5.26 Å². The predicted octanol–water partition coefficient (Wildman–Crippen LogP) is 4.67. The van der Waals surface area contributed by atoms with Gasteiger partial charge in [0.15, 0.2) is 0 Å². The van der Waals surface area contributed by atoms with E-state index in [1.54, 1.807) is 6.20 Å². The highest BCUT2D eigenvalue weighted by Crippen LogP contribution is 2.32. The minimum absolute atomic E-state index is 0.222. The topological polar surface area (TPSA) is 51.6 Å². The van der Waals surface area contributed by atoms with Crippen LogP contribution in [0.1, 0.15) is 11.1 Å². The summed E-state index contributed by atoms with van der Waals surface area (Å²) in [7, 11) is 0. The van der Waals surface area contributed by atoms with Gasteiger partial charge in [-0.3, -0.25) is 0 Å². The first kappa shape index (κ1) is 13.0. The smallest absolute Gasteiger partial charge is 0.135 e. The van der Waals surface area contributed by atoms with Crippen molar-refractivity contribution >= 4 is 39.9 Å². The summed E-state index contributed by atoms with van der Waals surface area (Å²) in [5, 5.41) is 11.5. The van der Waals surface area contributed by atoms with Crippen molar-refractivity contribution in [3.63, 3.8) is 0 Å². The van der Waals surface area contributed by atoms with Gasteiger partial charge in [-0.25, -0.2) is 4.39 Å². The van der Waals surface area contributed by atoms with Crippen molar-refractivity contribution in [1.29, 1.82) is 5.26 Å². The third-order valence-corrected chi connectivity index (χ3v) is 4.84. The standard InChI is InChI=1S/C14H10FN3S2/c1-8-2-3-11(14-13(8)9(5-16)6-17-14)18-20-12-4-10(15)7-19-12/h2-4,6-7,17-18H,1H3. The van der Waals surface area contributed by atoms with Crippen molar-refractivity contribution in [1.82, 2.24) is 4.98 Å². The molecule has 20 heavy (non-hydrogen) atoms. The third-order valence-electron chi connectivity index (χ3n) is 2.97. The van der Waals surface area contributed by atoms with Gasteiger partial charge in [0, 0.05) is 23.0 Å². The maximum absolute atomic E-state index is 12.9. The molecule has 6 heteroatoms. The van der Waals surface area contributed by atoms with Crippen LogP contribution in [0.3, 0.4) is 0 Å². The zero-order valence-corrected chi connectivity index (χ0v) is 12.2. The van der Waals surface area contributed by atoms with Gasteiger partial charge in [0.2, 0.25) is 0 Å². The molecular formula is C14H10FN3S2. The fourth-order valence-corrected chi connectivity index (χ4v) is 3.54. The molecule has 0 radical (unpaired) electrons. The molecule has 0 bridgehead atoms. The number of rotatable bonds is 3. The number of hydrogen-bond acceptors (Lipinski definition) is 4. The molecule has 0 spiro atoms. The van der Waals surface area contributed by atoms with Crippen molar-refractivity contribution in [2.75, 3.05) is 4.72 Å².